The summed E-state index contributed by atoms with van der Waals surface area (Å²) in [5.74, 6) is 1.00. The fraction of sp³-hybridized carbons (Fsp3) is 0.188. The number of nitrogens with zero attached hydrogens (tertiary/aromatic N) is 1. The van der Waals surface area contributed by atoms with Gasteiger partial charge in [0.1, 0.15) is 11.5 Å². The van der Waals surface area contributed by atoms with Crippen molar-refractivity contribution in [1.29, 1.82) is 0 Å². The van der Waals surface area contributed by atoms with Crippen LogP contribution < -0.4 is 15.2 Å². The third-order valence-corrected chi connectivity index (χ3v) is 3.40. The van der Waals surface area contributed by atoms with Crippen molar-refractivity contribution in [2.75, 3.05) is 14.2 Å². The first-order valence-electron chi connectivity index (χ1n) is 6.52. The zero-order valence-electron chi connectivity index (χ0n) is 11.8. The van der Waals surface area contributed by atoms with E-state index in [0.717, 1.165) is 11.1 Å². The molecule has 108 valence electrons. The van der Waals surface area contributed by atoms with Gasteiger partial charge in [-0.3, -0.25) is 4.57 Å². The summed E-state index contributed by atoms with van der Waals surface area (Å²) >= 11 is 0. The number of ether oxygens (including phenoxy) is 2. The summed E-state index contributed by atoms with van der Waals surface area (Å²) in [5.41, 5.74) is 2.22. The first kappa shape index (κ1) is 13.3. The zero-order chi connectivity index (χ0) is 14.8. The number of rotatable bonds is 4. The van der Waals surface area contributed by atoms with Crippen LogP contribution in [0.4, 0.5) is 0 Å². The summed E-state index contributed by atoms with van der Waals surface area (Å²) in [6.07, 6.45) is 0. The quantitative estimate of drug-likeness (QED) is 0.739. The molecule has 0 aliphatic rings. The third kappa shape index (κ3) is 2.38. The van der Waals surface area contributed by atoms with E-state index in [9.17, 15) is 4.79 Å². The lowest BCUT2D eigenvalue weighted by Crippen LogP contribution is -2.15. The Labute approximate surface area is 121 Å². The molecule has 1 aromatic heterocycles. The minimum atomic E-state index is -0.380. The lowest BCUT2D eigenvalue weighted by Gasteiger charge is -2.10. The minimum Gasteiger partial charge on any atom is -0.497 e. The van der Waals surface area contributed by atoms with E-state index in [-0.39, 0.29) is 5.76 Å². The maximum absolute atomic E-state index is 12.0. The van der Waals surface area contributed by atoms with Crippen LogP contribution >= 0.6 is 0 Å². The molecule has 0 amide bonds. The Bertz CT molecular complexity index is 832. The zero-order valence-corrected chi connectivity index (χ0v) is 11.8. The summed E-state index contributed by atoms with van der Waals surface area (Å²) in [5, 5.41) is 0. The highest BCUT2D eigenvalue weighted by Gasteiger charge is 2.12. The number of oxazole rings is 1. The van der Waals surface area contributed by atoms with Crippen LogP contribution in [0.15, 0.2) is 51.7 Å². The summed E-state index contributed by atoms with van der Waals surface area (Å²) in [7, 11) is 3.19. The summed E-state index contributed by atoms with van der Waals surface area (Å²) in [6, 6.07) is 12.9. The molecule has 2 aromatic carbocycles. The van der Waals surface area contributed by atoms with Crippen molar-refractivity contribution in [2.24, 2.45) is 0 Å². The van der Waals surface area contributed by atoms with Gasteiger partial charge in [-0.2, -0.15) is 0 Å². The standard InChI is InChI=1S/C16H15NO4/c1-19-12-8-7-11(15(9-12)20-2)10-17-13-5-3-4-6-14(13)21-16(17)18/h3-9H,10H2,1-2H3. The number of methoxy groups -OCH3 is 2. The highest BCUT2D eigenvalue weighted by molar-refractivity contribution is 5.72. The lowest BCUT2D eigenvalue weighted by atomic mass is 10.2. The first-order chi connectivity index (χ1) is 10.2. The normalized spacial score (nSPS) is 10.8. The minimum absolute atomic E-state index is 0.378. The lowest BCUT2D eigenvalue weighted by molar-refractivity contribution is 0.389. The largest absolute Gasteiger partial charge is 0.497 e. The van der Waals surface area contributed by atoms with Crippen LogP contribution in [0.3, 0.4) is 0 Å². The van der Waals surface area contributed by atoms with E-state index in [1.54, 1.807) is 30.9 Å². The molecule has 3 rings (SSSR count). The smallest absolute Gasteiger partial charge is 0.420 e. The van der Waals surface area contributed by atoms with Crippen LogP contribution in [0.2, 0.25) is 0 Å². The second-order valence-corrected chi connectivity index (χ2v) is 4.60. The highest BCUT2D eigenvalue weighted by Crippen LogP contribution is 2.26. The van der Waals surface area contributed by atoms with Gasteiger partial charge < -0.3 is 13.9 Å². The number of para-hydroxylation sites is 2. The van der Waals surface area contributed by atoms with E-state index in [0.29, 0.717) is 23.6 Å². The summed E-state index contributed by atoms with van der Waals surface area (Å²) in [4.78, 5) is 12.0. The van der Waals surface area contributed by atoms with Crippen molar-refractivity contribution >= 4 is 11.1 Å². The Kier molecular flexibility index (Phi) is 3.39. The van der Waals surface area contributed by atoms with Gasteiger partial charge in [-0.05, 0) is 24.3 Å². The summed E-state index contributed by atoms with van der Waals surface area (Å²) < 4.78 is 17.4. The van der Waals surface area contributed by atoms with Crippen LogP contribution in [-0.4, -0.2) is 18.8 Å². The maximum atomic E-state index is 12.0. The molecule has 21 heavy (non-hydrogen) atoms. The van der Waals surface area contributed by atoms with Crippen LogP contribution in [0.5, 0.6) is 11.5 Å². The van der Waals surface area contributed by atoms with E-state index in [2.05, 4.69) is 0 Å². The molecule has 0 unspecified atom stereocenters. The number of aromatic nitrogens is 1. The van der Waals surface area contributed by atoms with Crippen LogP contribution in [-0.2, 0) is 6.54 Å². The molecule has 0 saturated carbocycles. The van der Waals surface area contributed by atoms with E-state index >= 15 is 0 Å². The van der Waals surface area contributed by atoms with Crippen molar-refractivity contribution in [1.82, 2.24) is 4.57 Å². The molecule has 0 atom stereocenters. The van der Waals surface area contributed by atoms with Crippen LogP contribution in [0, 0.1) is 0 Å². The predicted octanol–water partition coefficient (Wildman–Crippen LogP) is 2.66. The van der Waals surface area contributed by atoms with Crippen molar-refractivity contribution in [3.63, 3.8) is 0 Å². The number of fused-ring (bicyclic) bond motifs is 1. The molecule has 0 N–H and O–H groups in total. The number of hydrogen-bond acceptors (Lipinski definition) is 4. The van der Waals surface area contributed by atoms with Crippen molar-refractivity contribution < 1.29 is 13.9 Å². The van der Waals surface area contributed by atoms with E-state index < -0.39 is 0 Å². The molecule has 0 aliphatic carbocycles. The Morgan fingerprint density at radius 1 is 1.10 bits per heavy atom. The third-order valence-electron chi connectivity index (χ3n) is 3.40. The average Bonchev–Trinajstić information content (AvgIpc) is 2.83. The van der Waals surface area contributed by atoms with Gasteiger partial charge in [0, 0.05) is 11.6 Å². The Balaban J connectivity index is 2.06. The molecule has 0 saturated heterocycles. The van der Waals surface area contributed by atoms with Gasteiger partial charge in [0.25, 0.3) is 0 Å². The van der Waals surface area contributed by atoms with E-state index in [1.165, 1.54) is 0 Å². The van der Waals surface area contributed by atoms with Crippen LogP contribution in [0.25, 0.3) is 11.1 Å². The van der Waals surface area contributed by atoms with Crippen LogP contribution in [0.1, 0.15) is 5.56 Å². The van der Waals surface area contributed by atoms with Gasteiger partial charge in [-0.25, -0.2) is 4.79 Å². The molecule has 0 aliphatic heterocycles. The van der Waals surface area contributed by atoms with Gasteiger partial charge in [0.05, 0.1) is 26.3 Å². The van der Waals surface area contributed by atoms with Crippen molar-refractivity contribution in [2.45, 2.75) is 6.54 Å². The number of hydrogen-bond donors (Lipinski definition) is 0. The highest BCUT2D eigenvalue weighted by atomic mass is 16.5. The van der Waals surface area contributed by atoms with Gasteiger partial charge >= 0.3 is 5.76 Å². The monoisotopic (exact) mass is 285 g/mol. The predicted molar refractivity (Wildman–Crippen MR) is 79.1 cm³/mol. The second-order valence-electron chi connectivity index (χ2n) is 4.60. The van der Waals surface area contributed by atoms with Gasteiger partial charge in [0.15, 0.2) is 5.58 Å². The van der Waals surface area contributed by atoms with Gasteiger partial charge in [-0.1, -0.05) is 12.1 Å². The molecular formula is C16H15NO4. The number of benzene rings is 2. The van der Waals surface area contributed by atoms with E-state index in [1.807, 2.05) is 30.3 Å². The molecule has 5 heteroatoms. The second kappa shape index (κ2) is 5.36. The average molecular weight is 285 g/mol. The summed E-state index contributed by atoms with van der Waals surface area (Å²) in [6.45, 7) is 0.378. The maximum Gasteiger partial charge on any atom is 0.420 e. The van der Waals surface area contributed by atoms with E-state index in [4.69, 9.17) is 13.9 Å². The fourth-order valence-corrected chi connectivity index (χ4v) is 2.32. The van der Waals surface area contributed by atoms with Gasteiger partial charge in [0.2, 0.25) is 0 Å². The molecule has 0 spiro atoms. The molecule has 3 aromatic rings. The Hall–Kier alpha value is -2.69. The molecular weight excluding hydrogens is 270 g/mol. The van der Waals surface area contributed by atoms with Crippen molar-refractivity contribution in [3.05, 3.63) is 58.6 Å². The molecule has 1 heterocycles. The molecule has 0 bridgehead atoms. The Morgan fingerprint density at radius 2 is 1.90 bits per heavy atom. The molecule has 0 fully saturated rings. The fourth-order valence-electron chi connectivity index (χ4n) is 2.32. The molecule has 0 radical (unpaired) electrons. The van der Waals surface area contributed by atoms with Gasteiger partial charge in [-0.15, -0.1) is 0 Å². The Morgan fingerprint density at radius 3 is 2.67 bits per heavy atom. The van der Waals surface area contributed by atoms with Crippen molar-refractivity contribution in [3.8, 4) is 11.5 Å². The first-order valence-corrected chi connectivity index (χ1v) is 6.52. The SMILES string of the molecule is COc1ccc(Cn2c(=O)oc3ccccc32)c(OC)c1. The topological polar surface area (TPSA) is 53.6 Å². The molecule has 5 nitrogen and oxygen atoms in total.